The zero-order valence-electron chi connectivity index (χ0n) is 8.18. The van der Waals surface area contributed by atoms with Gasteiger partial charge in [-0.25, -0.2) is 9.78 Å². The molecular formula is C12H7NO3. The predicted octanol–water partition coefficient (Wildman–Crippen LogP) is 2.68. The molecule has 0 radical (unpaired) electrons. The first kappa shape index (κ1) is 8.91. The van der Waals surface area contributed by atoms with E-state index in [1.165, 1.54) is 6.39 Å². The molecule has 0 aliphatic rings. The summed E-state index contributed by atoms with van der Waals surface area (Å²) in [5, 5.41) is 10.6. The van der Waals surface area contributed by atoms with Crippen molar-refractivity contribution in [3.8, 4) is 0 Å². The lowest BCUT2D eigenvalue weighted by Crippen LogP contribution is -1.95. The first-order valence-corrected chi connectivity index (χ1v) is 4.75. The summed E-state index contributed by atoms with van der Waals surface area (Å²) in [6, 6.07) is 8.58. The fourth-order valence-corrected chi connectivity index (χ4v) is 1.78. The van der Waals surface area contributed by atoms with E-state index in [2.05, 4.69) is 4.98 Å². The molecule has 0 aliphatic heterocycles. The van der Waals surface area contributed by atoms with Gasteiger partial charge in [0, 0.05) is 5.39 Å². The third-order valence-electron chi connectivity index (χ3n) is 2.56. The van der Waals surface area contributed by atoms with Crippen LogP contribution in [0.4, 0.5) is 0 Å². The number of carboxylic acids is 1. The SMILES string of the molecule is O=C(O)c1ccc2c(ccc3ncoc32)c1. The molecule has 0 aliphatic carbocycles. The monoisotopic (exact) mass is 213 g/mol. The van der Waals surface area contributed by atoms with Crippen molar-refractivity contribution in [2.45, 2.75) is 0 Å². The first-order valence-electron chi connectivity index (χ1n) is 4.75. The van der Waals surface area contributed by atoms with Gasteiger partial charge in [-0.3, -0.25) is 0 Å². The highest BCUT2D eigenvalue weighted by molar-refractivity contribution is 6.05. The Labute approximate surface area is 90.1 Å². The molecule has 4 heteroatoms. The number of aromatic nitrogens is 1. The van der Waals surface area contributed by atoms with E-state index in [1.54, 1.807) is 18.2 Å². The van der Waals surface area contributed by atoms with E-state index in [9.17, 15) is 4.79 Å². The summed E-state index contributed by atoms with van der Waals surface area (Å²) in [6.45, 7) is 0. The van der Waals surface area contributed by atoms with E-state index in [-0.39, 0.29) is 5.56 Å². The molecule has 0 spiro atoms. The zero-order chi connectivity index (χ0) is 11.1. The van der Waals surface area contributed by atoms with Gasteiger partial charge >= 0.3 is 5.97 Å². The van der Waals surface area contributed by atoms with Crippen LogP contribution in [-0.4, -0.2) is 16.1 Å². The average Bonchev–Trinajstić information content (AvgIpc) is 2.76. The number of benzene rings is 2. The second-order valence-corrected chi connectivity index (χ2v) is 3.51. The van der Waals surface area contributed by atoms with Crippen molar-refractivity contribution in [1.29, 1.82) is 0 Å². The van der Waals surface area contributed by atoms with Crippen LogP contribution in [0, 0.1) is 0 Å². The van der Waals surface area contributed by atoms with Crippen LogP contribution in [0.3, 0.4) is 0 Å². The van der Waals surface area contributed by atoms with E-state index in [0.717, 1.165) is 16.3 Å². The number of hydrogen-bond donors (Lipinski definition) is 1. The van der Waals surface area contributed by atoms with Crippen LogP contribution in [0.1, 0.15) is 10.4 Å². The molecule has 1 N–H and O–H groups in total. The van der Waals surface area contributed by atoms with Gasteiger partial charge in [0.2, 0.25) is 0 Å². The van der Waals surface area contributed by atoms with Crippen molar-refractivity contribution in [3.05, 3.63) is 42.3 Å². The molecule has 78 valence electrons. The number of aromatic carboxylic acids is 1. The van der Waals surface area contributed by atoms with Gasteiger partial charge in [-0.05, 0) is 29.7 Å². The minimum Gasteiger partial charge on any atom is -0.478 e. The standard InChI is InChI=1S/C12H7NO3/c14-12(15)8-1-3-9-7(5-8)2-4-10-11(9)16-6-13-10/h1-6H,(H,14,15). The predicted molar refractivity (Wildman–Crippen MR) is 58.5 cm³/mol. The maximum Gasteiger partial charge on any atom is 0.335 e. The maximum absolute atomic E-state index is 10.8. The van der Waals surface area contributed by atoms with E-state index in [0.29, 0.717) is 5.58 Å². The number of carboxylic acid groups (broad SMARTS) is 1. The highest BCUT2D eigenvalue weighted by atomic mass is 16.4. The first-order chi connectivity index (χ1) is 7.75. The van der Waals surface area contributed by atoms with E-state index in [1.807, 2.05) is 12.1 Å². The van der Waals surface area contributed by atoms with Gasteiger partial charge in [0.05, 0.1) is 5.56 Å². The van der Waals surface area contributed by atoms with Gasteiger partial charge in [-0.1, -0.05) is 6.07 Å². The molecule has 0 fully saturated rings. The Balaban J connectivity index is 2.41. The highest BCUT2D eigenvalue weighted by Gasteiger charge is 2.07. The third-order valence-corrected chi connectivity index (χ3v) is 2.56. The van der Waals surface area contributed by atoms with Crippen LogP contribution in [0.25, 0.3) is 21.9 Å². The maximum atomic E-state index is 10.8. The minimum atomic E-state index is -0.931. The number of fused-ring (bicyclic) bond motifs is 3. The summed E-state index contributed by atoms with van der Waals surface area (Å²) in [4.78, 5) is 14.9. The summed E-state index contributed by atoms with van der Waals surface area (Å²) in [5.41, 5.74) is 1.73. The molecule has 3 rings (SSSR count). The fourth-order valence-electron chi connectivity index (χ4n) is 1.78. The van der Waals surface area contributed by atoms with E-state index in [4.69, 9.17) is 9.52 Å². The van der Waals surface area contributed by atoms with Gasteiger partial charge in [0.1, 0.15) is 5.52 Å². The van der Waals surface area contributed by atoms with Crippen molar-refractivity contribution in [1.82, 2.24) is 4.98 Å². The Bertz CT molecular complexity index is 700. The van der Waals surface area contributed by atoms with Crippen molar-refractivity contribution in [2.75, 3.05) is 0 Å². The molecule has 0 bridgehead atoms. The summed E-state index contributed by atoms with van der Waals surface area (Å²) < 4.78 is 5.27. The summed E-state index contributed by atoms with van der Waals surface area (Å²) in [5.74, 6) is -0.931. The molecule has 2 aromatic carbocycles. The summed E-state index contributed by atoms with van der Waals surface area (Å²) >= 11 is 0. The Morgan fingerprint density at radius 3 is 2.94 bits per heavy atom. The molecule has 0 saturated carbocycles. The van der Waals surface area contributed by atoms with Crippen LogP contribution >= 0.6 is 0 Å². The number of oxazole rings is 1. The summed E-state index contributed by atoms with van der Waals surface area (Å²) in [7, 11) is 0. The van der Waals surface area contributed by atoms with Gasteiger partial charge < -0.3 is 9.52 Å². The molecule has 4 nitrogen and oxygen atoms in total. The normalized spacial score (nSPS) is 11.0. The van der Waals surface area contributed by atoms with Gasteiger partial charge in [-0.2, -0.15) is 0 Å². The lowest BCUT2D eigenvalue weighted by molar-refractivity contribution is 0.0697. The highest BCUT2D eigenvalue weighted by Crippen LogP contribution is 2.25. The van der Waals surface area contributed by atoms with E-state index >= 15 is 0 Å². The Morgan fingerprint density at radius 1 is 1.25 bits per heavy atom. The van der Waals surface area contributed by atoms with Crippen LogP contribution in [0.5, 0.6) is 0 Å². The molecule has 0 saturated heterocycles. The lowest BCUT2D eigenvalue weighted by Gasteiger charge is -1.99. The van der Waals surface area contributed by atoms with Crippen LogP contribution in [-0.2, 0) is 0 Å². The van der Waals surface area contributed by atoms with Crippen molar-refractivity contribution in [2.24, 2.45) is 0 Å². The van der Waals surface area contributed by atoms with Crippen molar-refractivity contribution >= 4 is 27.8 Å². The second kappa shape index (κ2) is 3.06. The topological polar surface area (TPSA) is 63.3 Å². The number of rotatable bonds is 1. The van der Waals surface area contributed by atoms with Crippen molar-refractivity contribution < 1.29 is 14.3 Å². The average molecular weight is 213 g/mol. The molecule has 0 atom stereocenters. The lowest BCUT2D eigenvalue weighted by atomic mass is 10.1. The molecule has 3 aromatic rings. The fraction of sp³-hybridized carbons (Fsp3) is 0. The van der Waals surface area contributed by atoms with Crippen LogP contribution < -0.4 is 0 Å². The molecule has 16 heavy (non-hydrogen) atoms. The van der Waals surface area contributed by atoms with Gasteiger partial charge in [-0.15, -0.1) is 0 Å². The molecule has 1 heterocycles. The van der Waals surface area contributed by atoms with Crippen LogP contribution in [0.15, 0.2) is 41.1 Å². The minimum absolute atomic E-state index is 0.270. The molecule has 0 unspecified atom stereocenters. The smallest absolute Gasteiger partial charge is 0.335 e. The third kappa shape index (κ3) is 1.16. The van der Waals surface area contributed by atoms with E-state index < -0.39 is 5.97 Å². The molecule has 0 amide bonds. The van der Waals surface area contributed by atoms with Crippen LogP contribution in [0.2, 0.25) is 0 Å². The quantitative estimate of drug-likeness (QED) is 0.675. The molecule has 1 aromatic heterocycles. The Morgan fingerprint density at radius 2 is 2.12 bits per heavy atom. The Hall–Kier alpha value is -2.36. The van der Waals surface area contributed by atoms with Crippen molar-refractivity contribution in [3.63, 3.8) is 0 Å². The zero-order valence-corrected chi connectivity index (χ0v) is 8.18. The number of nitrogens with zero attached hydrogens (tertiary/aromatic N) is 1. The van der Waals surface area contributed by atoms with Gasteiger partial charge in [0.15, 0.2) is 12.0 Å². The second-order valence-electron chi connectivity index (χ2n) is 3.51. The number of hydrogen-bond acceptors (Lipinski definition) is 3. The largest absolute Gasteiger partial charge is 0.478 e. The number of carbonyl (C=O) groups is 1. The Kier molecular flexibility index (Phi) is 1.71. The van der Waals surface area contributed by atoms with Gasteiger partial charge in [0.25, 0.3) is 0 Å². The summed E-state index contributed by atoms with van der Waals surface area (Å²) in [6.07, 6.45) is 1.38. The molecular weight excluding hydrogens is 206 g/mol.